The molecule has 1 atom stereocenters. The quantitative estimate of drug-likeness (QED) is 0.919. The minimum Gasteiger partial charge on any atom is -0.308 e. The van der Waals surface area contributed by atoms with Gasteiger partial charge in [0.05, 0.1) is 12.7 Å². The van der Waals surface area contributed by atoms with Gasteiger partial charge in [-0.15, -0.1) is 5.10 Å². The Labute approximate surface area is 111 Å². The van der Waals surface area contributed by atoms with Gasteiger partial charge >= 0.3 is 0 Å². The van der Waals surface area contributed by atoms with Gasteiger partial charge in [-0.25, -0.2) is 0 Å². The summed E-state index contributed by atoms with van der Waals surface area (Å²) in [6, 6.07) is 6.63. The standard InChI is InChI=1S/C13H15ClN4/c14-11-2-3-12-10(9-11)1-4-13(12)15-5-7-18-8-6-16-17-18/h2-3,6,8-9,13,15H,1,4-5,7H2. The van der Waals surface area contributed by atoms with Gasteiger partial charge < -0.3 is 5.32 Å². The maximum atomic E-state index is 6.00. The van der Waals surface area contributed by atoms with E-state index in [-0.39, 0.29) is 0 Å². The van der Waals surface area contributed by atoms with Crippen LogP contribution in [0.5, 0.6) is 0 Å². The Bertz CT molecular complexity index is 524. The molecule has 4 nitrogen and oxygen atoms in total. The van der Waals surface area contributed by atoms with Gasteiger partial charge in [-0.3, -0.25) is 4.68 Å². The summed E-state index contributed by atoms with van der Waals surface area (Å²) in [5.74, 6) is 0. The van der Waals surface area contributed by atoms with E-state index < -0.39 is 0 Å². The van der Waals surface area contributed by atoms with Crippen molar-refractivity contribution in [2.45, 2.75) is 25.4 Å². The van der Waals surface area contributed by atoms with Crippen LogP contribution in [0.3, 0.4) is 0 Å². The molecule has 5 heteroatoms. The van der Waals surface area contributed by atoms with Gasteiger partial charge in [0.2, 0.25) is 0 Å². The fourth-order valence-corrected chi connectivity index (χ4v) is 2.70. The predicted molar refractivity (Wildman–Crippen MR) is 70.5 cm³/mol. The molecule has 94 valence electrons. The number of nitrogens with one attached hydrogen (secondary N) is 1. The first kappa shape index (κ1) is 11.7. The average Bonchev–Trinajstić information content (AvgIpc) is 2.99. The van der Waals surface area contributed by atoms with E-state index in [1.54, 1.807) is 6.20 Å². The zero-order valence-corrected chi connectivity index (χ0v) is 10.8. The van der Waals surface area contributed by atoms with Crippen LogP contribution in [0.25, 0.3) is 0 Å². The van der Waals surface area contributed by atoms with Crippen molar-refractivity contribution < 1.29 is 0 Å². The van der Waals surface area contributed by atoms with Crippen molar-refractivity contribution in [2.75, 3.05) is 6.54 Å². The van der Waals surface area contributed by atoms with E-state index in [2.05, 4.69) is 27.8 Å². The van der Waals surface area contributed by atoms with E-state index in [0.717, 1.165) is 31.0 Å². The van der Waals surface area contributed by atoms with Gasteiger partial charge in [0.15, 0.2) is 0 Å². The molecule has 1 aliphatic rings. The highest BCUT2D eigenvalue weighted by Crippen LogP contribution is 2.32. The fraction of sp³-hybridized carbons (Fsp3) is 0.385. The third-order valence-corrected chi connectivity index (χ3v) is 3.62. The fourth-order valence-electron chi connectivity index (χ4n) is 2.50. The summed E-state index contributed by atoms with van der Waals surface area (Å²) in [6.07, 6.45) is 5.83. The van der Waals surface area contributed by atoms with E-state index in [0.29, 0.717) is 6.04 Å². The number of hydrogen-bond donors (Lipinski definition) is 1. The Morgan fingerprint density at radius 1 is 1.44 bits per heavy atom. The molecule has 1 aromatic carbocycles. The van der Waals surface area contributed by atoms with E-state index in [1.807, 2.05) is 16.9 Å². The van der Waals surface area contributed by atoms with E-state index in [4.69, 9.17) is 11.6 Å². The molecular weight excluding hydrogens is 248 g/mol. The number of fused-ring (bicyclic) bond motifs is 1. The smallest absolute Gasteiger partial charge is 0.0692 e. The number of aromatic nitrogens is 3. The number of nitrogens with zero attached hydrogens (tertiary/aromatic N) is 3. The van der Waals surface area contributed by atoms with Crippen LogP contribution >= 0.6 is 11.6 Å². The lowest BCUT2D eigenvalue weighted by Crippen LogP contribution is -2.24. The summed E-state index contributed by atoms with van der Waals surface area (Å²) >= 11 is 6.00. The lowest BCUT2D eigenvalue weighted by Gasteiger charge is -2.13. The molecule has 1 aromatic heterocycles. The number of aryl methyl sites for hydroxylation is 1. The van der Waals surface area contributed by atoms with Crippen molar-refractivity contribution >= 4 is 11.6 Å². The summed E-state index contributed by atoms with van der Waals surface area (Å²) in [6.45, 7) is 1.75. The van der Waals surface area contributed by atoms with Crippen molar-refractivity contribution in [3.63, 3.8) is 0 Å². The third kappa shape index (κ3) is 2.40. The largest absolute Gasteiger partial charge is 0.308 e. The van der Waals surface area contributed by atoms with Crippen LogP contribution in [0.4, 0.5) is 0 Å². The zero-order chi connectivity index (χ0) is 12.4. The van der Waals surface area contributed by atoms with Gasteiger partial charge in [0, 0.05) is 23.8 Å². The van der Waals surface area contributed by atoms with Crippen molar-refractivity contribution in [3.8, 4) is 0 Å². The van der Waals surface area contributed by atoms with Crippen molar-refractivity contribution in [2.24, 2.45) is 0 Å². The molecule has 0 saturated heterocycles. The second kappa shape index (κ2) is 5.08. The highest BCUT2D eigenvalue weighted by molar-refractivity contribution is 6.30. The summed E-state index contributed by atoms with van der Waals surface area (Å²) in [5.41, 5.74) is 2.76. The molecule has 0 aliphatic heterocycles. The number of benzene rings is 1. The van der Waals surface area contributed by atoms with Crippen molar-refractivity contribution in [1.29, 1.82) is 0 Å². The maximum Gasteiger partial charge on any atom is 0.0692 e. The molecule has 0 radical (unpaired) electrons. The number of rotatable bonds is 4. The van der Waals surface area contributed by atoms with Gasteiger partial charge in [-0.05, 0) is 36.1 Å². The average molecular weight is 263 g/mol. The Hall–Kier alpha value is -1.39. The maximum absolute atomic E-state index is 6.00. The van der Waals surface area contributed by atoms with Crippen LogP contribution in [-0.4, -0.2) is 21.5 Å². The molecule has 18 heavy (non-hydrogen) atoms. The van der Waals surface area contributed by atoms with E-state index in [1.165, 1.54) is 11.1 Å². The lowest BCUT2D eigenvalue weighted by atomic mass is 10.1. The highest BCUT2D eigenvalue weighted by Gasteiger charge is 2.21. The van der Waals surface area contributed by atoms with Gasteiger partial charge in [-0.2, -0.15) is 0 Å². The Kier molecular flexibility index (Phi) is 3.30. The summed E-state index contributed by atoms with van der Waals surface area (Å²) in [4.78, 5) is 0. The molecule has 1 N–H and O–H groups in total. The van der Waals surface area contributed by atoms with E-state index in [9.17, 15) is 0 Å². The van der Waals surface area contributed by atoms with Crippen LogP contribution in [-0.2, 0) is 13.0 Å². The summed E-state index contributed by atoms with van der Waals surface area (Å²) in [5, 5.41) is 12.1. The van der Waals surface area contributed by atoms with Crippen molar-refractivity contribution in [3.05, 3.63) is 46.7 Å². The third-order valence-electron chi connectivity index (χ3n) is 3.39. The molecule has 2 aromatic rings. The van der Waals surface area contributed by atoms with Crippen LogP contribution in [0, 0.1) is 0 Å². The molecule has 0 bridgehead atoms. The second-order valence-corrected chi connectivity index (χ2v) is 4.99. The Morgan fingerprint density at radius 2 is 2.39 bits per heavy atom. The highest BCUT2D eigenvalue weighted by atomic mass is 35.5. The normalized spacial score (nSPS) is 17.9. The Morgan fingerprint density at radius 3 is 3.22 bits per heavy atom. The summed E-state index contributed by atoms with van der Waals surface area (Å²) in [7, 11) is 0. The monoisotopic (exact) mass is 262 g/mol. The zero-order valence-electron chi connectivity index (χ0n) is 10.0. The molecular formula is C13H15ClN4. The minimum absolute atomic E-state index is 0.445. The topological polar surface area (TPSA) is 42.7 Å². The minimum atomic E-state index is 0.445. The molecule has 1 unspecified atom stereocenters. The summed E-state index contributed by atoms with van der Waals surface area (Å²) < 4.78 is 1.84. The van der Waals surface area contributed by atoms with Gasteiger partial charge in [0.25, 0.3) is 0 Å². The van der Waals surface area contributed by atoms with Gasteiger partial charge in [0.1, 0.15) is 0 Å². The molecule has 1 aliphatic carbocycles. The Balaban J connectivity index is 1.59. The van der Waals surface area contributed by atoms with Crippen molar-refractivity contribution in [1.82, 2.24) is 20.3 Å². The van der Waals surface area contributed by atoms with Crippen LogP contribution < -0.4 is 5.32 Å². The van der Waals surface area contributed by atoms with E-state index >= 15 is 0 Å². The first-order chi connectivity index (χ1) is 8.83. The number of hydrogen-bond acceptors (Lipinski definition) is 3. The lowest BCUT2D eigenvalue weighted by molar-refractivity contribution is 0.478. The molecule has 0 fully saturated rings. The van der Waals surface area contributed by atoms with Crippen LogP contribution in [0.15, 0.2) is 30.6 Å². The molecule has 0 saturated carbocycles. The molecule has 1 heterocycles. The first-order valence-corrected chi connectivity index (χ1v) is 6.56. The van der Waals surface area contributed by atoms with Crippen LogP contribution in [0.1, 0.15) is 23.6 Å². The molecule has 0 spiro atoms. The van der Waals surface area contributed by atoms with Gasteiger partial charge in [-0.1, -0.05) is 22.9 Å². The molecule has 0 amide bonds. The first-order valence-electron chi connectivity index (χ1n) is 6.19. The predicted octanol–water partition coefficient (Wildman–Crippen LogP) is 2.21. The van der Waals surface area contributed by atoms with Crippen LogP contribution in [0.2, 0.25) is 5.02 Å². The number of halogens is 1. The SMILES string of the molecule is Clc1ccc2c(c1)CCC2NCCn1ccnn1. The molecule has 3 rings (SSSR count). The second-order valence-electron chi connectivity index (χ2n) is 4.55.